The number of carbonyl (C=O) groups excluding carboxylic acids is 1. The van der Waals surface area contributed by atoms with Gasteiger partial charge in [0, 0.05) is 44.7 Å². The predicted octanol–water partition coefficient (Wildman–Crippen LogP) is 1.83. The fourth-order valence-corrected chi connectivity index (χ4v) is 4.53. The van der Waals surface area contributed by atoms with Gasteiger partial charge in [-0.2, -0.15) is 0 Å². The first kappa shape index (κ1) is 23.2. The monoisotopic (exact) mass is 471 g/mol. The Morgan fingerprint density at radius 1 is 1.32 bits per heavy atom. The highest BCUT2D eigenvalue weighted by molar-refractivity contribution is 7.89. The van der Waals surface area contributed by atoms with Crippen molar-refractivity contribution in [1.82, 2.24) is 14.2 Å². The predicted molar refractivity (Wildman–Crippen MR) is 113 cm³/mol. The number of ether oxygens (including phenoxy) is 1. The maximum atomic E-state index is 13.2. The third-order valence-electron chi connectivity index (χ3n) is 5.11. The summed E-state index contributed by atoms with van der Waals surface area (Å²) in [6, 6.07) is 6.27. The molecule has 0 aliphatic carbocycles. The molecule has 1 aliphatic rings. The highest BCUT2D eigenvalue weighted by Crippen LogP contribution is 2.20. The number of sulfonamides is 1. The van der Waals surface area contributed by atoms with Gasteiger partial charge in [0.15, 0.2) is 0 Å². The summed E-state index contributed by atoms with van der Waals surface area (Å²) in [7, 11) is -2.23. The molecule has 1 aromatic carbocycles. The summed E-state index contributed by atoms with van der Waals surface area (Å²) >= 11 is 5.63. The Balaban J connectivity index is 1.50. The molecule has 1 aromatic heterocycles. The summed E-state index contributed by atoms with van der Waals surface area (Å²) in [5.41, 5.74) is 0.596. The van der Waals surface area contributed by atoms with E-state index in [1.165, 1.54) is 10.6 Å². The molecule has 0 radical (unpaired) electrons. The molecule has 1 unspecified atom stereocenters. The van der Waals surface area contributed by atoms with Gasteiger partial charge in [0.05, 0.1) is 16.5 Å². The number of rotatable bonds is 7. The average Bonchev–Trinajstić information content (AvgIpc) is 3.16. The van der Waals surface area contributed by atoms with Crippen LogP contribution < -0.4 is 15.0 Å². The quantitative estimate of drug-likeness (QED) is 0.664. The number of aryl methyl sites for hydroxylation is 1. The number of hydrogen-bond acceptors (Lipinski definition) is 5. The number of carbonyl (C=O) groups is 1. The minimum absolute atomic E-state index is 0.0358. The minimum Gasteiger partial charge on any atom is -0.488 e. The first-order chi connectivity index (χ1) is 14.6. The fourth-order valence-electron chi connectivity index (χ4n) is 3.23. The molecule has 1 saturated heterocycles. The van der Waals surface area contributed by atoms with E-state index in [2.05, 4.69) is 4.72 Å². The number of aromatic nitrogens is 1. The van der Waals surface area contributed by atoms with E-state index in [-0.39, 0.29) is 40.5 Å². The van der Waals surface area contributed by atoms with Crippen molar-refractivity contribution in [1.29, 1.82) is 0 Å². The van der Waals surface area contributed by atoms with E-state index in [9.17, 15) is 22.4 Å². The van der Waals surface area contributed by atoms with Gasteiger partial charge in [-0.05, 0) is 31.2 Å². The Morgan fingerprint density at radius 3 is 2.74 bits per heavy atom. The zero-order valence-corrected chi connectivity index (χ0v) is 18.7. The molecule has 0 spiro atoms. The van der Waals surface area contributed by atoms with Gasteiger partial charge in [0.25, 0.3) is 5.56 Å². The summed E-state index contributed by atoms with van der Waals surface area (Å²) in [4.78, 5) is 25.7. The van der Waals surface area contributed by atoms with Crippen LogP contribution in [0.25, 0.3) is 0 Å². The number of hydrogen-bond donors (Lipinski definition) is 1. The van der Waals surface area contributed by atoms with Crippen molar-refractivity contribution < 1.29 is 22.3 Å². The number of pyridine rings is 1. The summed E-state index contributed by atoms with van der Waals surface area (Å²) in [6.45, 7) is 2.53. The molecule has 1 fully saturated rings. The van der Waals surface area contributed by atoms with Crippen LogP contribution in [0.3, 0.4) is 0 Å². The van der Waals surface area contributed by atoms with Crippen LogP contribution >= 0.6 is 11.6 Å². The van der Waals surface area contributed by atoms with Gasteiger partial charge in [-0.1, -0.05) is 11.6 Å². The van der Waals surface area contributed by atoms with E-state index >= 15 is 0 Å². The van der Waals surface area contributed by atoms with Crippen molar-refractivity contribution in [3.63, 3.8) is 0 Å². The van der Waals surface area contributed by atoms with E-state index in [1.807, 2.05) is 0 Å². The van der Waals surface area contributed by atoms with E-state index < -0.39 is 15.8 Å². The van der Waals surface area contributed by atoms with Crippen LogP contribution in [0.2, 0.25) is 5.02 Å². The van der Waals surface area contributed by atoms with Gasteiger partial charge in [-0.25, -0.2) is 17.5 Å². The zero-order chi connectivity index (χ0) is 22.8. The van der Waals surface area contributed by atoms with Crippen LogP contribution in [0.5, 0.6) is 5.75 Å². The normalized spacial score (nSPS) is 16.5. The van der Waals surface area contributed by atoms with Crippen LogP contribution in [0.1, 0.15) is 18.5 Å². The van der Waals surface area contributed by atoms with Crippen LogP contribution in [0.15, 0.2) is 40.0 Å². The van der Waals surface area contributed by atoms with Crippen molar-refractivity contribution in [3.05, 3.63) is 57.2 Å². The van der Waals surface area contributed by atoms with Gasteiger partial charge in [-0.3, -0.25) is 9.59 Å². The Bertz CT molecular complexity index is 1150. The molecule has 168 valence electrons. The third-order valence-corrected chi connectivity index (χ3v) is 6.86. The lowest BCUT2D eigenvalue weighted by molar-refractivity contribution is -0.130. The highest BCUT2D eigenvalue weighted by atomic mass is 35.5. The Hall–Kier alpha value is -2.43. The largest absolute Gasteiger partial charge is 0.488 e. The van der Waals surface area contributed by atoms with Crippen molar-refractivity contribution in [3.8, 4) is 5.75 Å². The molecule has 31 heavy (non-hydrogen) atoms. The number of nitrogens with zero attached hydrogens (tertiary/aromatic N) is 2. The summed E-state index contributed by atoms with van der Waals surface area (Å²) < 4.78 is 47.4. The van der Waals surface area contributed by atoms with Gasteiger partial charge in [-0.15, -0.1) is 0 Å². The van der Waals surface area contributed by atoms with Crippen molar-refractivity contribution >= 4 is 27.5 Å². The maximum absolute atomic E-state index is 13.2. The number of benzene rings is 1. The molecule has 0 saturated carbocycles. The second-order valence-corrected chi connectivity index (χ2v) is 9.50. The van der Waals surface area contributed by atoms with E-state index in [0.717, 1.165) is 23.9 Å². The molecule has 1 amide bonds. The first-order valence-electron chi connectivity index (χ1n) is 9.63. The molecular weight excluding hydrogens is 449 g/mol. The number of likely N-dealkylation sites (tertiary alicyclic amines) is 1. The molecule has 1 N–H and O–H groups in total. The molecule has 0 bridgehead atoms. The Morgan fingerprint density at radius 2 is 2.06 bits per heavy atom. The number of halogens is 2. The summed E-state index contributed by atoms with van der Waals surface area (Å²) in [5.74, 6) is -0.468. The van der Waals surface area contributed by atoms with Gasteiger partial charge in [0.1, 0.15) is 17.7 Å². The second-order valence-electron chi connectivity index (χ2n) is 7.32. The molecule has 1 aliphatic heterocycles. The van der Waals surface area contributed by atoms with Gasteiger partial charge < -0.3 is 14.2 Å². The third kappa shape index (κ3) is 5.63. The van der Waals surface area contributed by atoms with Crippen molar-refractivity contribution in [2.45, 2.75) is 30.8 Å². The maximum Gasteiger partial charge on any atom is 0.254 e. The summed E-state index contributed by atoms with van der Waals surface area (Å²) in [5, 5.41) is -0.298. The molecular formula is C20H23ClFN3O5S. The Kier molecular flexibility index (Phi) is 7.03. The number of nitrogens with one attached hydrogen (secondary N) is 1. The van der Waals surface area contributed by atoms with Gasteiger partial charge >= 0.3 is 0 Å². The molecule has 8 nitrogen and oxygen atoms in total. The minimum atomic E-state index is -3.91. The Labute approximate surface area is 184 Å². The van der Waals surface area contributed by atoms with Gasteiger partial charge in [0.2, 0.25) is 15.9 Å². The molecule has 2 heterocycles. The molecule has 1 atom stereocenters. The average molecular weight is 472 g/mol. The number of amides is 1. The van der Waals surface area contributed by atoms with Crippen LogP contribution in [0, 0.1) is 12.7 Å². The summed E-state index contributed by atoms with van der Waals surface area (Å²) in [6.07, 6.45) is 0.333. The second kappa shape index (κ2) is 9.37. The lowest BCUT2D eigenvalue weighted by Crippen LogP contribution is -2.34. The van der Waals surface area contributed by atoms with Crippen molar-refractivity contribution in [2.24, 2.45) is 7.05 Å². The standard InChI is InChI=1S/C20H23ClFN3O5S/c1-13-9-15(10-20(27)24(13)2)30-14-6-8-25(12-14)19(26)5-7-23-31(28,29)16-3-4-18(22)17(21)11-16/h3-4,9-11,14,23H,5-8,12H2,1-2H3. The lowest BCUT2D eigenvalue weighted by atomic mass is 10.3. The molecule has 11 heteroatoms. The molecule has 2 aromatic rings. The fraction of sp³-hybridized carbons (Fsp3) is 0.400. The van der Waals surface area contributed by atoms with Crippen LogP contribution in [-0.4, -0.2) is 49.5 Å². The first-order valence-corrected chi connectivity index (χ1v) is 11.5. The smallest absolute Gasteiger partial charge is 0.254 e. The zero-order valence-electron chi connectivity index (χ0n) is 17.1. The topological polar surface area (TPSA) is 97.7 Å². The highest BCUT2D eigenvalue weighted by Gasteiger charge is 2.28. The van der Waals surface area contributed by atoms with Crippen LogP contribution in [0.4, 0.5) is 4.39 Å². The molecule has 3 rings (SSSR count). The lowest BCUT2D eigenvalue weighted by Gasteiger charge is -2.18. The van der Waals surface area contributed by atoms with Crippen molar-refractivity contribution in [2.75, 3.05) is 19.6 Å². The van der Waals surface area contributed by atoms with E-state index in [4.69, 9.17) is 16.3 Å². The van der Waals surface area contributed by atoms with Crippen LogP contribution in [-0.2, 0) is 21.9 Å². The SMILES string of the molecule is Cc1cc(OC2CCN(C(=O)CCNS(=O)(=O)c3ccc(F)c(Cl)c3)C2)cc(=O)n1C. The van der Waals surface area contributed by atoms with E-state index in [0.29, 0.717) is 25.3 Å². The van der Waals surface area contributed by atoms with E-state index in [1.54, 1.807) is 24.9 Å².